The standard InChI is InChI=1S/C21H15F2N5OS/c22-13-6-2-1-5-12(13)18-17(16-8-4-10-28(16)27-18)20(29)26-21-25-15(11-30-21)19-14(23)7-3-9-24-19/h1-3,5-7,9,11H,4,8,10H2,(H,25,26,29). The van der Waals surface area contributed by atoms with Crippen molar-refractivity contribution in [3.8, 4) is 22.6 Å². The highest BCUT2D eigenvalue weighted by molar-refractivity contribution is 7.14. The minimum Gasteiger partial charge on any atom is -0.298 e. The van der Waals surface area contributed by atoms with Gasteiger partial charge >= 0.3 is 0 Å². The summed E-state index contributed by atoms with van der Waals surface area (Å²) < 4.78 is 30.1. The van der Waals surface area contributed by atoms with Gasteiger partial charge in [-0.2, -0.15) is 5.10 Å². The average molecular weight is 423 g/mol. The van der Waals surface area contributed by atoms with Gasteiger partial charge in [0.15, 0.2) is 10.9 Å². The number of thiazole rings is 1. The molecule has 0 atom stereocenters. The van der Waals surface area contributed by atoms with Crippen LogP contribution in [0.3, 0.4) is 0 Å². The number of rotatable bonds is 4. The number of anilines is 1. The second kappa shape index (κ2) is 7.42. The van der Waals surface area contributed by atoms with Crippen LogP contribution in [0.2, 0.25) is 0 Å². The summed E-state index contributed by atoms with van der Waals surface area (Å²) in [5.41, 5.74) is 2.17. The number of carbonyl (C=O) groups is 1. The van der Waals surface area contributed by atoms with E-state index in [0.717, 1.165) is 12.1 Å². The predicted octanol–water partition coefficient (Wildman–Crippen LogP) is 4.55. The van der Waals surface area contributed by atoms with Crippen molar-refractivity contribution in [3.63, 3.8) is 0 Å². The molecule has 0 bridgehead atoms. The quantitative estimate of drug-likeness (QED) is 0.523. The van der Waals surface area contributed by atoms with Crippen LogP contribution in [-0.2, 0) is 13.0 Å². The molecule has 1 aromatic carbocycles. The predicted molar refractivity (Wildman–Crippen MR) is 109 cm³/mol. The first-order valence-corrected chi connectivity index (χ1v) is 10.2. The monoisotopic (exact) mass is 423 g/mol. The second-order valence-electron chi connectivity index (χ2n) is 6.80. The van der Waals surface area contributed by atoms with Gasteiger partial charge in [-0.3, -0.25) is 19.8 Å². The number of halogens is 2. The zero-order valence-electron chi connectivity index (χ0n) is 15.6. The third-order valence-electron chi connectivity index (χ3n) is 4.92. The van der Waals surface area contributed by atoms with Crippen molar-refractivity contribution in [2.75, 3.05) is 5.32 Å². The van der Waals surface area contributed by atoms with Gasteiger partial charge in [-0.05, 0) is 37.1 Å². The number of aromatic nitrogens is 4. The molecule has 0 radical (unpaired) electrons. The topological polar surface area (TPSA) is 72.7 Å². The molecular formula is C21H15F2N5OS. The third kappa shape index (κ3) is 3.17. The van der Waals surface area contributed by atoms with E-state index in [-0.39, 0.29) is 11.3 Å². The number of hydrogen-bond acceptors (Lipinski definition) is 5. The first kappa shape index (κ1) is 18.6. The summed E-state index contributed by atoms with van der Waals surface area (Å²) in [6.45, 7) is 0.685. The number of nitrogens with one attached hydrogen (secondary N) is 1. The van der Waals surface area contributed by atoms with Crippen LogP contribution in [0.4, 0.5) is 13.9 Å². The number of benzene rings is 1. The molecule has 4 heterocycles. The minimum absolute atomic E-state index is 0.118. The molecule has 0 unspecified atom stereocenters. The van der Waals surface area contributed by atoms with E-state index in [1.807, 2.05) is 0 Å². The molecule has 30 heavy (non-hydrogen) atoms. The summed E-state index contributed by atoms with van der Waals surface area (Å²) in [5.74, 6) is -1.35. The van der Waals surface area contributed by atoms with E-state index in [9.17, 15) is 13.6 Å². The Balaban J connectivity index is 1.49. The summed E-state index contributed by atoms with van der Waals surface area (Å²) in [6, 6.07) is 9.05. The lowest BCUT2D eigenvalue weighted by Crippen LogP contribution is -2.14. The third-order valence-corrected chi connectivity index (χ3v) is 5.68. The Kier molecular flexibility index (Phi) is 4.59. The Bertz CT molecular complexity index is 1270. The summed E-state index contributed by atoms with van der Waals surface area (Å²) in [4.78, 5) is 21.4. The van der Waals surface area contributed by atoms with Crippen LogP contribution in [0.1, 0.15) is 22.5 Å². The smallest absolute Gasteiger partial charge is 0.261 e. The van der Waals surface area contributed by atoms with Crippen molar-refractivity contribution in [1.29, 1.82) is 0 Å². The molecular weight excluding hydrogens is 408 g/mol. The Hall–Kier alpha value is -3.46. The van der Waals surface area contributed by atoms with Crippen LogP contribution in [-0.4, -0.2) is 25.7 Å². The van der Waals surface area contributed by atoms with Crippen molar-refractivity contribution in [2.45, 2.75) is 19.4 Å². The molecule has 4 aromatic rings. The maximum absolute atomic E-state index is 14.4. The SMILES string of the molecule is O=C(Nc1nc(-c2ncccc2F)cs1)c1c(-c2ccccc2F)nn2c1CCC2. The number of pyridine rings is 1. The van der Waals surface area contributed by atoms with Gasteiger partial charge in [0.1, 0.15) is 22.9 Å². The molecule has 6 nitrogen and oxygen atoms in total. The van der Waals surface area contributed by atoms with E-state index >= 15 is 0 Å². The lowest BCUT2D eigenvalue weighted by atomic mass is 10.0. The molecule has 1 aliphatic rings. The van der Waals surface area contributed by atoms with Crippen LogP contribution in [0.5, 0.6) is 0 Å². The highest BCUT2D eigenvalue weighted by Crippen LogP contribution is 2.32. The number of nitrogens with zero attached hydrogens (tertiary/aromatic N) is 4. The lowest BCUT2D eigenvalue weighted by molar-refractivity contribution is 0.102. The molecule has 0 spiro atoms. The zero-order valence-corrected chi connectivity index (χ0v) is 16.4. The number of carbonyl (C=O) groups excluding carboxylic acids is 1. The summed E-state index contributed by atoms with van der Waals surface area (Å²) >= 11 is 1.17. The van der Waals surface area contributed by atoms with E-state index in [1.165, 1.54) is 35.7 Å². The number of fused-ring (bicyclic) bond motifs is 1. The van der Waals surface area contributed by atoms with Gasteiger partial charge in [-0.1, -0.05) is 12.1 Å². The molecule has 9 heteroatoms. The highest BCUT2D eigenvalue weighted by atomic mass is 32.1. The van der Waals surface area contributed by atoms with Crippen LogP contribution < -0.4 is 5.32 Å². The molecule has 0 fully saturated rings. The molecule has 0 saturated carbocycles. The van der Waals surface area contributed by atoms with E-state index in [0.29, 0.717) is 35.0 Å². The van der Waals surface area contributed by atoms with Crippen molar-refractivity contribution >= 4 is 22.4 Å². The van der Waals surface area contributed by atoms with Crippen molar-refractivity contribution in [2.24, 2.45) is 0 Å². The second-order valence-corrected chi connectivity index (χ2v) is 7.66. The Labute approximate surface area is 174 Å². The molecule has 0 saturated heterocycles. The summed E-state index contributed by atoms with van der Waals surface area (Å²) in [5, 5.41) is 9.17. The van der Waals surface area contributed by atoms with E-state index < -0.39 is 17.5 Å². The first-order valence-electron chi connectivity index (χ1n) is 9.34. The molecule has 3 aromatic heterocycles. The van der Waals surface area contributed by atoms with Gasteiger partial charge in [0, 0.05) is 23.7 Å². The largest absolute Gasteiger partial charge is 0.298 e. The van der Waals surface area contributed by atoms with Crippen molar-refractivity contribution in [3.05, 3.63) is 70.9 Å². The van der Waals surface area contributed by atoms with E-state index in [2.05, 4.69) is 20.4 Å². The fraction of sp³-hybridized carbons (Fsp3) is 0.143. The molecule has 1 N–H and O–H groups in total. The fourth-order valence-electron chi connectivity index (χ4n) is 3.59. The lowest BCUT2D eigenvalue weighted by Gasteiger charge is -2.06. The maximum Gasteiger partial charge on any atom is 0.261 e. The van der Waals surface area contributed by atoms with E-state index in [4.69, 9.17) is 0 Å². The molecule has 5 rings (SSSR count). The number of hydrogen-bond donors (Lipinski definition) is 1. The van der Waals surface area contributed by atoms with Gasteiger partial charge in [0.25, 0.3) is 5.91 Å². The summed E-state index contributed by atoms with van der Waals surface area (Å²) in [7, 11) is 0. The average Bonchev–Trinajstić information content (AvgIpc) is 3.44. The molecule has 0 aliphatic carbocycles. The number of amides is 1. The van der Waals surface area contributed by atoms with Crippen LogP contribution in [0, 0.1) is 11.6 Å². The summed E-state index contributed by atoms with van der Waals surface area (Å²) in [6.07, 6.45) is 3.04. The van der Waals surface area contributed by atoms with Crippen LogP contribution in [0.25, 0.3) is 22.6 Å². The van der Waals surface area contributed by atoms with Gasteiger partial charge in [0.2, 0.25) is 0 Å². The first-order chi connectivity index (χ1) is 14.6. The number of aryl methyl sites for hydroxylation is 1. The zero-order chi connectivity index (χ0) is 20.7. The highest BCUT2D eigenvalue weighted by Gasteiger charge is 2.29. The van der Waals surface area contributed by atoms with Crippen molar-refractivity contribution < 1.29 is 13.6 Å². The Morgan fingerprint density at radius 2 is 1.93 bits per heavy atom. The fourth-order valence-corrected chi connectivity index (χ4v) is 4.28. The van der Waals surface area contributed by atoms with E-state index in [1.54, 1.807) is 28.3 Å². The van der Waals surface area contributed by atoms with Gasteiger partial charge in [-0.15, -0.1) is 11.3 Å². The Morgan fingerprint density at radius 1 is 1.10 bits per heavy atom. The molecule has 1 aliphatic heterocycles. The van der Waals surface area contributed by atoms with Crippen molar-refractivity contribution in [1.82, 2.24) is 19.7 Å². The van der Waals surface area contributed by atoms with Gasteiger partial charge in [0.05, 0.1) is 11.3 Å². The maximum atomic E-state index is 14.4. The van der Waals surface area contributed by atoms with Crippen LogP contribution in [0.15, 0.2) is 48.0 Å². The normalized spacial score (nSPS) is 12.7. The minimum atomic E-state index is -0.489. The van der Waals surface area contributed by atoms with Crippen LogP contribution >= 0.6 is 11.3 Å². The molecule has 1 amide bonds. The Morgan fingerprint density at radius 3 is 2.77 bits per heavy atom. The van der Waals surface area contributed by atoms with Gasteiger partial charge in [-0.25, -0.2) is 13.8 Å². The molecule has 150 valence electrons. The van der Waals surface area contributed by atoms with Gasteiger partial charge < -0.3 is 0 Å².